The average Bonchev–Trinajstić information content (AvgIpc) is 2.84. The summed E-state index contributed by atoms with van der Waals surface area (Å²) in [5.41, 5.74) is 4.28. The molecule has 0 atom stereocenters. The van der Waals surface area contributed by atoms with Crippen molar-refractivity contribution in [3.63, 3.8) is 0 Å². The fourth-order valence-corrected chi connectivity index (χ4v) is 5.15. The van der Waals surface area contributed by atoms with Crippen molar-refractivity contribution in [3.8, 4) is 17.1 Å². The summed E-state index contributed by atoms with van der Waals surface area (Å²) < 4.78 is 14.0. The van der Waals surface area contributed by atoms with Gasteiger partial charge in [0, 0.05) is 56.4 Å². The van der Waals surface area contributed by atoms with Gasteiger partial charge in [-0.1, -0.05) is 35.9 Å². The third kappa shape index (κ3) is 5.64. The standard InChI is InChI=1S/C25H28ClN5O2S/c1-32-25-24(12-20(26)14-28-25)34-29-21-6-7-27-23(13-21)19-4-2-18(3-5-19)15-30-8-10-31(11-9-30)22-16-33-17-22/h2-7,12-14,22H,8-11,15-17H2,1H3,(H,27,29). The molecular formula is C25H28ClN5O2S. The molecule has 4 heterocycles. The molecule has 3 aromatic rings. The number of halogens is 1. The molecule has 2 aliphatic rings. The van der Waals surface area contributed by atoms with Crippen molar-refractivity contribution in [2.45, 2.75) is 17.5 Å². The highest BCUT2D eigenvalue weighted by atomic mass is 35.5. The molecule has 34 heavy (non-hydrogen) atoms. The average molecular weight is 498 g/mol. The van der Waals surface area contributed by atoms with Crippen LogP contribution in [0.15, 0.2) is 59.8 Å². The van der Waals surface area contributed by atoms with Crippen LogP contribution in [0.4, 0.5) is 5.69 Å². The maximum absolute atomic E-state index is 6.08. The molecule has 0 saturated carbocycles. The minimum Gasteiger partial charge on any atom is -0.480 e. The van der Waals surface area contributed by atoms with Crippen molar-refractivity contribution < 1.29 is 9.47 Å². The molecule has 0 aliphatic carbocycles. The summed E-state index contributed by atoms with van der Waals surface area (Å²) in [6.07, 6.45) is 3.38. The van der Waals surface area contributed by atoms with Crippen LogP contribution in [0.5, 0.6) is 5.88 Å². The summed E-state index contributed by atoms with van der Waals surface area (Å²) >= 11 is 7.49. The normalized spacial score (nSPS) is 17.4. The Morgan fingerprint density at radius 3 is 2.59 bits per heavy atom. The van der Waals surface area contributed by atoms with Gasteiger partial charge in [0.2, 0.25) is 5.88 Å². The Bertz CT molecular complexity index is 1100. The first-order chi connectivity index (χ1) is 16.7. The van der Waals surface area contributed by atoms with E-state index in [0.29, 0.717) is 16.9 Å². The first kappa shape index (κ1) is 23.4. The highest BCUT2D eigenvalue weighted by molar-refractivity contribution is 8.00. The number of methoxy groups -OCH3 is 1. The fourth-order valence-electron chi connectivity index (χ4n) is 4.16. The molecule has 1 N–H and O–H groups in total. The fraction of sp³-hybridized carbons (Fsp3) is 0.360. The van der Waals surface area contributed by atoms with Gasteiger partial charge >= 0.3 is 0 Å². The molecular weight excluding hydrogens is 470 g/mol. The molecule has 2 fully saturated rings. The van der Waals surface area contributed by atoms with Crippen LogP contribution in [0.1, 0.15) is 5.56 Å². The van der Waals surface area contributed by atoms with Crippen LogP contribution in [0.2, 0.25) is 5.02 Å². The van der Waals surface area contributed by atoms with Gasteiger partial charge in [-0.25, -0.2) is 4.98 Å². The van der Waals surface area contributed by atoms with Crippen molar-refractivity contribution in [2.24, 2.45) is 0 Å². The van der Waals surface area contributed by atoms with E-state index < -0.39 is 0 Å². The second-order valence-corrected chi connectivity index (χ2v) is 9.78. The van der Waals surface area contributed by atoms with Gasteiger partial charge in [-0.2, -0.15) is 0 Å². The number of benzene rings is 1. The van der Waals surface area contributed by atoms with Crippen LogP contribution in [-0.2, 0) is 11.3 Å². The van der Waals surface area contributed by atoms with Crippen molar-refractivity contribution >= 4 is 29.2 Å². The number of aromatic nitrogens is 2. The van der Waals surface area contributed by atoms with Gasteiger partial charge in [0.15, 0.2) is 0 Å². The summed E-state index contributed by atoms with van der Waals surface area (Å²) in [4.78, 5) is 14.7. The largest absolute Gasteiger partial charge is 0.480 e. The quantitative estimate of drug-likeness (QED) is 0.458. The van der Waals surface area contributed by atoms with Crippen molar-refractivity contribution in [1.29, 1.82) is 0 Å². The van der Waals surface area contributed by atoms with Crippen LogP contribution in [0.25, 0.3) is 11.3 Å². The van der Waals surface area contributed by atoms with Crippen molar-refractivity contribution in [1.82, 2.24) is 19.8 Å². The molecule has 0 radical (unpaired) electrons. The second-order valence-electron chi connectivity index (χ2n) is 8.50. The monoisotopic (exact) mass is 497 g/mol. The lowest BCUT2D eigenvalue weighted by Crippen LogP contribution is -2.56. The number of pyridine rings is 2. The Balaban J connectivity index is 1.18. The number of nitrogens with zero attached hydrogens (tertiary/aromatic N) is 4. The topological polar surface area (TPSA) is 62.8 Å². The lowest BCUT2D eigenvalue weighted by atomic mass is 10.1. The molecule has 0 bridgehead atoms. The minimum atomic E-state index is 0.533. The van der Waals surface area contributed by atoms with Crippen LogP contribution >= 0.6 is 23.5 Å². The van der Waals surface area contributed by atoms with E-state index in [2.05, 4.69) is 48.8 Å². The number of hydrogen-bond acceptors (Lipinski definition) is 8. The lowest BCUT2D eigenvalue weighted by molar-refractivity contribution is -0.0774. The smallest absolute Gasteiger partial charge is 0.228 e. The zero-order valence-electron chi connectivity index (χ0n) is 19.1. The highest BCUT2D eigenvalue weighted by Crippen LogP contribution is 2.31. The third-order valence-electron chi connectivity index (χ3n) is 6.22. The summed E-state index contributed by atoms with van der Waals surface area (Å²) in [5, 5.41) is 0.565. The van der Waals surface area contributed by atoms with E-state index >= 15 is 0 Å². The Labute approximate surface area is 209 Å². The van der Waals surface area contributed by atoms with E-state index in [1.807, 2.05) is 24.4 Å². The Morgan fingerprint density at radius 2 is 1.88 bits per heavy atom. The summed E-state index contributed by atoms with van der Waals surface area (Å²) in [6, 6.07) is 15.2. The second kappa shape index (κ2) is 10.9. The van der Waals surface area contributed by atoms with Gasteiger partial charge in [0.05, 0.1) is 42.0 Å². The Morgan fingerprint density at radius 1 is 1.09 bits per heavy atom. The van der Waals surface area contributed by atoms with E-state index in [1.165, 1.54) is 17.5 Å². The summed E-state index contributed by atoms with van der Waals surface area (Å²) in [6.45, 7) is 7.26. The molecule has 7 nitrogen and oxygen atoms in total. The van der Waals surface area contributed by atoms with Crippen molar-refractivity contribution in [3.05, 3.63) is 65.4 Å². The Kier molecular flexibility index (Phi) is 7.51. The van der Waals surface area contributed by atoms with Gasteiger partial charge in [-0.3, -0.25) is 14.8 Å². The maximum atomic E-state index is 6.08. The van der Waals surface area contributed by atoms with Gasteiger partial charge < -0.3 is 14.2 Å². The molecule has 9 heteroatoms. The third-order valence-corrected chi connectivity index (χ3v) is 7.27. The number of ether oxygens (including phenoxy) is 2. The maximum Gasteiger partial charge on any atom is 0.228 e. The van der Waals surface area contributed by atoms with Gasteiger partial charge in [0.25, 0.3) is 0 Å². The molecule has 2 aliphatic heterocycles. The molecule has 2 aromatic heterocycles. The Hall–Kier alpha value is -2.36. The number of piperazine rings is 1. The predicted molar refractivity (Wildman–Crippen MR) is 136 cm³/mol. The van der Waals surface area contributed by atoms with E-state index in [1.54, 1.807) is 13.3 Å². The van der Waals surface area contributed by atoms with Crippen LogP contribution < -0.4 is 9.46 Å². The predicted octanol–water partition coefficient (Wildman–Crippen LogP) is 4.44. The highest BCUT2D eigenvalue weighted by Gasteiger charge is 2.28. The van der Waals surface area contributed by atoms with E-state index in [4.69, 9.17) is 21.1 Å². The van der Waals surface area contributed by atoms with E-state index in [9.17, 15) is 0 Å². The van der Waals surface area contributed by atoms with Crippen molar-refractivity contribution in [2.75, 3.05) is 51.2 Å². The van der Waals surface area contributed by atoms with E-state index in [-0.39, 0.29) is 0 Å². The zero-order chi connectivity index (χ0) is 23.3. The SMILES string of the molecule is COc1ncc(Cl)cc1SNc1ccnc(-c2ccc(CN3CCN(C4COC4)CC3)cc2)c1. The number of hydrogen-bond donors (Lipinski definition) is 1. The molecule has 0 spiro atoms. The minimum absolute atomic E-state index is 0.533. The van der Waals surface area contributed by atoms with Crippen LogP contribution in [-0.4, -0.2) is 72.3 Å². The number of rotatable bonds is 8. The molecule has 2 saturated heterocycles. The number of nitrogens with one attached hydrogen (secondary N) is 1. The molecule has 5 rings (SSSR count). The summed E-state index contributed by atoms with van der Waals surface area (Å²) in [7, 11) is 1.60. The first-order valence-electron chi connectivity index (χ1n) is 11.4. The molecule has 1 aromatic carbocycles. The summed E-state index contributed by atoms with van der Waals surface area (Å²) in [5.74, 6) is 0.533. The van der Waals surface area contributed by atoms with Gasteiger partial charge in [0.1, 0.15) is 0 Å². The lowest BCUT2D eigenvalue weighted by Gasteiger charge is -2.42. The van der Waals surface area contributed by atoms with Gasteiger partial charge in [-0.05, 0) is 35.7 Å². The van der Waals surface area contributed by atoms with Gasteiger partial charge in [-0.15, -0.1) is 0 Å². The number of anilines is 1. The molecule has 178 valence electrons. The van der Waals surface area contributed by atoms with Crippen LogP contribution in [0.3, 0.4) is 0 Å². The first-order valence-corrected chi connectivity index (χ1v) is 12.6. The van der Waals surface area contributed by atoms with E-state index in [0.717, 1.165) is 67.8 Å². The van der Waals surface area contributed by atoms with Crippen LogP contribution in [0, 0.1) is 0 Å². The molecule has 0 amide bonds. The molecule has 0 unspecified atom stereocenters. The zero-order valence-corrected chi connectivity index (χ0v) is 20.7.